The minimum Gasteiger partial charge on any atom is -0.493 e. The van der Waals surface area contributed by atoms with Gasteiger partial charge in [-0.05, 0) is 44.3 Å². The minimum atomic E-state index is -0.424. The maximum absolute atomic E-state index is 14.2. The van der Waals surface area contributed by atoms with E-state index in [2.05, 4.69) is 0 Å². The third-order valence-electron chi connectivity index (χ3n) is 6.13. The summed E-state index contributed by atoms with van der Waals surface area (Å²) in [6.07, 6.45) is 0.826. The van der Waals surface area contributed by atoms with Gasteiger partial charge in [0, 0.05) is 44.7 Å². The predicted octanol–water partition coefficient (Wildman–Crippen LogP) is 2.82. The zero-order chi connectivity index (χ0) is 24.7. The molecule has 0 saturated carbocycles. The van der Waals surface area contributed by atoms with Gasteiger partial charge in [-0.15, -0.1) is 0 Å². The van der Waals surface area contributed by atoms with Crippen molar-refractivity contribution in [3.8, 4) is 11.5 Å². The maximum atomic E-state index is 14.2. The van der Waals surface area contributed by atoms with Crippen LogP contribution in [0.3, 0.4) is 0 Å². The van der Waals surface area contributed by atoms with E-state index in [4.69, 9.17) is 9.47 Å². The highest BCUT2D eigenvalue weighted by atomic mass is 19.1. The van der Waals surface area contributed by atoms with Gasteiger partial charge in [0.15, 0.2) is 11.5 Å². The quantitative estimate of drug-likeness (QED) is 0.504. The number of nitrogens with zero attached hydrogens (tertiary/aromatic N) is 3. The molecule has 0 aromatic heterocycles. The second kappa shape index (κ2) is 11.8. The lowest BCUT2D eigenvalue weighted by atomic mass is 10.1. The Morgan fingerprint density at radius 3 is 2.50 bits per heavy atom. The van der Waals surface area contributed by atoms with Crippen LogP contribution in [0.1, 0.15) is 17.5 Å². The molecular formula is C26H34FN3O4. The van der Waals surface area contributed by atoms with Gasteiger partial charge in [-0.25, -0.2) is 4.39 Å². The van der Waals surface area contributed by atoms with E-state index in [0.29, 0.717) is 49.7 Å². The number of likely N-dealkylation sites (N-methyl/N-ethyl adjacent to an activating group) is 1. The van der Waals surface area contributed by atoms with Crippen LogP contribution in [-0.4, -0.2) is 81.0 Å². The summed E-state index contributed by atoms with van der Waals surface area (Å²) in [5.74, 6) is 0.410. The average Bonchev–Trinajstić information content (AvgIpc) is 3.21. The second-order valence-electron chi connectivity index (χ2n) is 8.83. The number of amides is 2. The molecule has 1 fully saturated rings. The number of methoxy groups -OCH3 is 2. The Morgan fingerprint density at radius 2 is 1.82 bits per heavy atom. The predicted molar refractivity (Wildman–Crippen MR) is 128 cm³/mol. The Kier molecular flexibility index (Phi) is 8.87. The van der Waals surface area contributed by atoms with Crippen molar-refractivity contribution < 1.29 is 23.5 Å². The van der Waals surface area contributed by atoms with E-state index in [9.17, 15) is 14.0 Å². The Hall–Kier alpha value is -3.13. The fraction of sp³-hybridized carbons (Fsp3) is 0.462. The molecule has 34 heavy (non-hydrogen) atoms. The molecule has 3 rings (SSSR count). The van der Waals surface area contributed by atoms with E-state index in [0.717, 1.165) is 5.56 Å². The summed E-state index contributed by atoms with van der Waals surface area (Å²) >= 11 is 0. The highest BCUT2D eigenvalue weighted by molar-refractivity contribution is 5.89. The van der Waals surface area contributed by atoms with E-state index < -0.39 is 5.92 Å². The standard InChI is InChI=1S/C26H34FN3O4/c1-28(2)13-14-30(17-20-7-5-6-8-22(20)27)26(32)21-16-25(31)29(18-21)12-11-19-9-10-23(33-3)24(15-19)34-4/h5-10,15,21H,11-14,16-18H2,1-4H3. The van der Waals surface area contributed by atoms with Crippen molar-refractivity contribution in [3.63, 3.8) is 0 Å². The SMILES string of the molecule is COc1ccc(CCN2CC(C(=O)N(CCN(C)C)Cc3ccccc3F)CC2=O)cc1OC. The van der Waals surface area contributed by atoms with Crippen molar-refractivity contribution in [2.45, 2.75) is 19.4 Å². The van der Waals surface area contributed by atoms with Crippen molar-refractivity contribution in [2.75, 3.05) is 54.5 Å². The molecule has 184 valence electrons. The molecule has 0 bridgehead atoms. The maximum Gasteiger partial charge on any atom is 0.228 e. The van der Waals surface area contributed by atoms with E-state index >= 15 is 0 Å². The van der Waals surface area contributed by atoms with Crippen LogP contribution in [0.25, 0.3) is 0 Å². The van der Waals surface area contributed by atoms with Gasteiger partial charge < -0.3 is 24.2 Å². The molecular weight excluding hydrogens is 437 g/mol. The highest BCUT2D eigenvalue weighted by Crippen LogP contribution is 2.28. The van der Waals surface area contributed by atoms with E-state index in [1.807, 2.05) is 37.2 Å². The lowest BCUT2D eigenvalue weighted by Crippen LogP contribution is -2.41. The Morgan fingerprint density at radius 1 is 1.09 bits per heavy atom. The Bertz CT molecular complexity index is 998. The lowest BCUT2D eigenvalue weighted by molar-refractivity contribution is -0.136. The molecule has 2 amide bonds. The molecule has 0 N–H and O–H groups in total. The first-order chi connectivity index (χ1) is 16.3. The molecule has 2 aromatic carbocycles. The van der Waals surface area contributed by atoms with Crippen LogP contribution >= 0.6 is 0 Å². The van der Waals surface area contributed by atoms with Crippen molar-refractivity contribution in [1.29, 1.82) is 0 Å². The molecule has 0 aliphatic carbocycles. The van der Waals surface area contributed by atoms with Gasteiger partial charge >= 0.3 is 0 Å². The van der Waals surface area contributed by atoms with Gasteiger partial charge in [0.25, 0.3) is 0 Å². The van der Waals surface area contributed by atoms with E-state index in [1.54, 1.807) is 42.2 Å². The number of rotatable bonds is 11. The number of hydrogen-bond donors (Lipinski definition) is 0. The number of likely N-dealkylation sites (tertiary alicyclic amines) is 1. The first-order valence-corrected chi connectivity index (χ1v) is 11.5. The van der Waals surface area contributed by atoms with Gasteiger partial charge in [0.2, 0.25) is 11.8 Å². The molecule has 7 nitrogen and oxygen atoms in total. The largest absolute Gasteiger partial charge is 0.493 e. The lowest BCUT2D eigenvalue weighted by Gasteiger charge is -2.27. The first-order valence-electron chi connectivity index (χ1n) is 11.5. The monoisotopic (exact) mass is 471 g/mol. The number of carbonyl (C=O) groups is 2. The van der Waals surface area contributed by atoms with Gasteiger partial charge in [0.1, 0.15) is 5.82 Å². The molecule has 1 aliphatic heterocycles. The zero-order valence-corrected chi connectivity index (χ0v) is 20.4. The summed E-state index contributed by atoms with van der Waals surface area (Å²) in [5.41, 5.74) is 1.50. The van der Waals surface area contributed by atoms with Crippen LogP contribution in [0.5, 0.6) is 11.5 Å². The Balaban J connectivity index is 1.64. The average molecular weight is 472 g/mol. The second-order valence-corrected chi connectivity index (χ2v) is 8.83. The molecule has 2 aromatic rings. The third-order valence-corrected chi connectivity index (χ3v) is 6.13. The van der Waals surface area contributed by atoms with Crippen molar-refractivity contribution in [1.82, 2.24) is 14.7 Å². The summed E-state index contributed by atoms with van der Waals surface area (Å²) in [5, 5.41) is 0. The van der Waals surface area contributed by atoms with Crippen LogP contribution in [0, 0.1) is 11.7 Å². The first kappa shape index (κ1) is 25.5. The molecule has 8 heteroatoms. The normalized spacial score (nSPS) is 15.6. The molecule has 1 unspecified atom stereocenters. The number of benzene rings is 2. The number of carbonyl (C=O) groups excluding carboxylic acids is 2. The highest BCUT2D eigenvalue weighted by Gasteiger charge is 2.36. The number of ether oxygens (including phenoxy) is 2. The summed E-state index contributed by atoms with van der Waals surface area (Å²) in [6.45, 7) is 2.21. The summed E-state index contributed by atoms with van der Waals surface area (Å²) in [6, 6.07) is 12.2. The number of hydrogen-bond acceptors (Lipinski definition) is 5. The van der Waals surface area contributed by atoms with Crippen LogP contribution in [0.15, 0.2) is 42.5 Å². The Labute approximate surface area is 201 Å². The summed E-state index contributed by atoms with van der Waals surface area (Å²) in [7, 11) is 7.04. The van der Waals surface area contributed by atoms with Crippen molar-refractivity contribution in [3.05, 3.63) is 59.4 Å². The van der Waals surface area contributed by atoms with E-state index in [-0.39, 0.29) is 30.6 Å². The molecule has 1 aliphatic rings. The molecule has 0 spiro atoms. The van der Waals surface area contributed by atoms with Gasteiger partial charge in [-0.3, -0.25) is 9.59 Å². The van der Waals surface area contributed by atoms with Crippen LogP contribution < -0.4 is 9.47 Å². The summed E-state index contributed by atoms with van der Waals surface area (Å²) in [4.78, 5) is 31.4. The molecule has 1 atom stereocenters. The van der Waals surface area contributed by atoms with Crippen LogP contribution in [-0.2, 0) is 22.6 Å². The molecule has 1 saturated heterocycles. The van der Waals surface area contributed by atoms with Crippen molar-refractivity contribution in [2.24, 2.45) is 5.92 Å². The fourth-order valence-electron chi connectivity index (χ4n) is 4.13. The number of halogens is 1. The third kappa shape index (κ3) is 6.47. The fourth-order valence-corrected chi connectivity index (χ4v) is 4.13. The smallest absolute Gasteiger partial charge is 0.228 e. The topological polar surface area (TPSA) is 62.3 Å². The van der Waals surface area contributed by atoms with Gasteiger partial charge in [0.05, 0.1) is 20.1 Å². The van der Waals surface area contributed by atoms with Crippen molar-refractivity contribution >= 4 is 11.8 Å². The zero-order valence-electron chi connectivity index (χ0n) is 20.4. The van der Waals surface area contributed by atoms with Crippen LogP contribution in [0.4, 0.5) is 4.39 Å². The van der Waals surface area contributed by atoms with Gasteiger partial charge in [-0.1, -0.05) is 24.3 Å². The minimum absolute atomic E-state index is 0.0303. The van der Waals surface area contributed by atoms with Crippen LogP contribution in [0.2, 0.25) is 0 Å². The summed E-state index contributed by atoms with van der Waals surface area (Å²) < 4.78 is 24.9. The molecule has 0 radical (unpaired) electrons. The molecule has 1 heterocycles. The van der Waals surface area contributed by atoms with E-state index in [1.165, 1.54) is 6.07 Å². The van der Waals surface area contributed by atoms with Gasteiger partial charge in [-0.2, -0.15) is 0 Å².